The minimum Gasteiger partial charge on any atom is -0.372 e. The van der Waals surface area contributed by atoms with Crippen LogP contribution in [0.4, 0.5) is 13.2 Å². The number of halogens is 3. The van der Waals surface area contributed by atoms with Crippen LogP contribution in [0.1, 0.15) is 39.5 Å². The Balaban J connectivity index is 3.75. The first-order chi connectivity index (χ1) is 7.92. The molecule has 0 spiro atoms. The van der Waals surface area contributed by atoms with Gasteiger partial charge in [0.25, 0.3) is 0 Å². The number of hydrogen-bond acceptors (Lipinski definition) is 3. The molecular formula is C11H23F3N2O. The Morgan fingerprint density at radius 1 is 1.24 bits per heavy atom. The van der Waals surface area contributed by atoms with E-state index in [0.717, 1.165) is 19.3 Å². The van der Waals surface area contributed by atoms with Gasteiger partial charge >= 0.3 is 6.18 Å². The van der Waals surface area contributed by atoms with E-state index in [0.29, 0.717) is 12.3 Å². The van der Waals surface area contributed by atoms with Gasteiger partial charge < -0.3 is 4.74 Å². The number of rotatable bonds is 9. The van der Waals surface area contributed by atoms with Crippen LogP contribution in [0.15, 0.2) is 0 Å². The second-order valence-electron chi connectivity index (χ2n) is 4.24. The van der Waals surface area contributed by atoms with Gasteiger partial charge in [-0.3, -0.25) is 11.3 Å². The fourth-order valence-electron chi connectivity index (χ4n) is 1.71. The van der Waals surface area contributed by atoms with Crippen molar-refractivity contribution in [1.29, 1.82) is 0 Å². The first kappa shape index (κ1) is 16.7. The van der Waals surface area contributed by atoms with Crippen LogP contribution in [-0.4, -0.2) is 25.4 Å². The molecule has 0 amide bonds. The summed E-state index contributed by atoms with van der Waals surface area (Å²) in [7, 11) is 0. The summed E-state index contributed by atoms with van der Waals surface area (Å²) in [5.74, 6) is 5.93. The lowest BCUT2D eigenvalue weighted by atomic mass is 9.94. The molecular weight excluding hydrogens is 233 g/mol. The smallest absolute Gasteiger partial charge is 0.372 e. The second kappa shape index (κ2) is 8.72. The molecule has 0 aromatic heterocycles. The highest BCUT2D eigenvalue weighted by molar-refractivity contribution is 4.68. The van der Waals surface area contributed by atoms with E-state index in [-0.39, 0.29) is 12.6 Å². The highest BCUT2D eigenvalue weighted by Crippen LogP contribution is 2.17. The molecule has 104 valence electrons. The number of hydrazine groups is 1. The molecule has 0 aromatic rings. The topological polar surface area (TPSA) is 47.3 Å². The van der Waals surface area contributed by atoms with Crippen LogP contribution < -0.4 is 11.3 Å². The maximum atomic E-state index is 11.8. The average molecular weight is 256 g/mol. The third-order valence-electron chi connectivity index (χ3n) is 2.88. The number of nitrogens with two attached hydrogens (primary N) is 1. The number of ether oxygens (including phenoxy) is 1. The largest absolute Gasteiger partial charge is 0.411 e. The van der Waals surface area contributed by atoms with Crippen molar-refractivity contribution in [2.75, 3.05) is 13.2 Å². The molecule has 6 heteroatoms. The summed E-state index contributed by atoms with van der Waals surface area (Å²) in [5.41, 5.74) is 2.64. The Morgan fingerprint density at radius 3 is 2.24 bits per heavy atom. The number of nitrogens with one attached hydrogen (secondary N) is 1. The molecule has 0 fully saturated rings. The monoisotopic (exact) mass is 256 g/mol. The Morgan fingerprint density at radius 2 is 1.82 bits per heavy atom. The maximum Gasteiger partial charge on any atom is 0.411 e. The zero-order chi connectivity index (χ0) is 13.3. The lowest BCUT2D eigenvalue weighted by Gasteiger charge is -2.21. The van der Waals surface area contributed by atoms with Crippen molar-refractivity contribution in [3.8, 4) is 0 Å². The van der Waals surface area contributed by atoms with E-state index in [4.69, 9.17) is 5.84 Å². The molecule has 0 heterocycles. The molecule has 0 aliphatic carbocycles. The average Bonchev–Trinajstić information content (AvgIpc) is 2.27. The van der Waals surface area contributed by atoms with Gasteiger partial charge in [-0.2, -0.15) is 13.2 Å². The second-order valence-corrected chi connectivity index (χ2v) is 4.24. The first-order valence-corrected chi connectivity index (χ1v) is 6.03. The summed E-state index contributed by atoms with van der Waals surface area (Å²) in [6.07, 6.45) is -0.765. The van der Waals surface area contributed by atoms with Crippen molar-refractivity contribution in [3.63, 3.8) is 0 Å². The van der Waals surface area contributed by atoms with Gasteiger partial charge in [0, 0.05) is 12.6 Å². The van der Waals surface area contributed by atoms with E-state index in [1.54, 1.807) is 0 Å². The molecule has 0 aromatic carbocycles. The van der Waals surface area contributed by atoms with E-state index in [9.17, 15) is 13.2 Å². The zero-order valence-corrected chi connectivity index (χ0v) is 10.5. The molecule has 0 aliphatic heterocycles. The fourth-order valence-corrected chi connectivity index (χ4v) is 1.71. The number of alkyl halides is 3. The van der Waals surface area contributed by atoms with Crippen molar-refractivity contribution >= 4 is 0 Å². The van der Waals surface area contributed by atoms with Crippen LogP contribution >= 0.6 is 0 Å². The molecule has 3 nitrogen and oxygen atoms in total. The van der Waals surface area contributed by atoms with Crippen LogP contribution in [0.2, 0.25) is 0 Å². The molecule has 1 atom stereocenters. The molecule has 0 bridgehead atoms. The van der Waals surface area contributed by atoms with Crippen molar-refractivity contribution in [1.82, 2.24) is 5.43 Å². The molecule has 0 saturated heterocycles. The van der Waals surface area contributed by atoms with Gasteiger partial charge in [0.1, 0.15) is 6.61 Å². The Kier molecular flexibility index (Phi) is 8.55. The molecule has 1 unspecified atom stereocenters. The van der Waals surface area contributed by atoms with Crippen molar-refractivity contribution < 1.29 is 17.9 Å². The van der Waals surface area contributed by atoms with Crippen LogP contribution in [0.25, 0.3) is 0 Å². The third kappa shape index (κ3) is 9.38. The maximum absolute atomic E-state index is 11.8. The van der Waals surface area contributed by atoms with Gasteiger partial charge in [0.15, 0.2) is 0 Å². The SMILES string of the molecule is CCC(CC)CC(CCOCC(F)(F)F)NN. The standard InChI is InChI=1S/C11H23F3N2O/c1-3-9(4-2)7-10(16-15)5-6-17-8-11(12,13)14/h9-10,16H,3-8,15H2,1-2H3. The summed E-state index contributed by atoms with van der Waals surface area (Å²) in [4.78, 5) is 0. The van der Waals surface area contributed by atoms with E-state index >= 15 is 0 Å². The van der Waals surface area contributed by atoms with Crippen LogP contribution in [0.3, 0.4) is 0 Å². The van der Waals surface area contributed by atoms with E-state index in [2.05, 4.69) is 24.0 Å². The third-order valence-corrected chi connectivity index (χ3v) is 2.88. The lowest BCUT2D eigenvalue weighted by molar-refractivity contribution is -0.174. The van der Waals surface area contributed by atoms with Crippen molar-refractivity contribution in [2.24, 2.45) is 11.8 Å². The lowest BCUT2D eigenvalue weighted by Crippen LogP contribution is -2.37. The Bertz CT molecular complexity index is 184. The summed E-state index contributed by atoms with van der Waals surface area (Å²) in [5, 5.41) is 0. The molecule has 0 rings (SSSR count). The molecule has 0 radical (unpaired) electrons. The van der Waals surface area contributed by atoms with Gasteiger partial charge in [-0.25, -0.2) is 0 Å². The van der Waals surface area contributed by atoms with Crippen LogP contribution in [0.5, 0.6) is 0 Å². The van der Waals surface area contributed by atoms with Gasteiger partial charge in [0.05, 0.1) is 0 Å². The predicted octanol–water partition coefficient (Wildman–Crippen LogP) is 2.61. The number of hydrogen-bond donors (Lipinski definition) is 2. The fraction of sp³-hybridized carbons (Fsp3) is 1.00. The van der Waals surface area contributed by atoms with E-state index in [1.165, 1.54) is 0 Å². The van der Waals surface area contributed by atoms with Crippen molar-refractivity contribution in [3.05, 3.63) is 0 Å². The normalized spacial score (nSPS) is 14.3. The molecule has 0 aliphatic rings. The van der Waals surface area contributed by atoms with Crippen molar-refractivity contribution in [2.45, 2.75) is 51.7 Å². The first-order valence-electron chi connectivity index (χ1n) is 6.03. The molecule has 0 saturated carbocycles. The van der Waals surface area contributed by atoms with Gasteiger partial charge in [-0.15, -0.1) is 0 Å². The summed E-state index contributed by atoms with van der Waals surface area (Å²) in [6.45, 7) is 3.09. The van der Waals surface area contributed by atoms with Gasteiger partial charge in [-0.05, 0) is 18.8 Å². The minimum absolute atomic E-state index is 0.0214. The molecule has 3 N–H and O–H groups in total. The minimum atomic E-state index is -4.25. The summed E-state index contributed by atoms with van der Waals surface area (Å²) in [6, 6.07) is 0.0214. The van der Waals surface area contributed by atoms with Gasteiger partial charge in [0.2, 0.25) is 0 Å². The van der Waals surface area contributed by atoms with Gasteiger partial charge in [-0.1, -0.05) is 26.7 Å². The summed E-state index contributed by atoms with van der Waals surface area (Å²) >= 11 is 0. The Hall–Kier alpha value is -0.330. The van der Waals surface area contributed by atoms with E-state index < -0.39 is 12.8 Å². The highest BCUT2D eigenvalue weighted by atomic mass is 19.4. The van der Waals surface area contributed by atoms with Crippen LogP contribution in [0, 0.1) is 5.92 Å². The van der Waals surface area contributed by atoms with E-state index in [1.807, 2.05) is 0 Å². The Labute approximate surface area is 101 Å². The highest BCUT2D eigenvalue weighted by Gasteiger charge is 2.27. The zero-order valence-electron chi connectivity index (χ0n) is 10.5. The quantitative estimate of drug-likeness (QED) is 0.379. The molecule has 17 heavy (non-hydrogen) atoms. The summed E-state index contributed by atoms with van der Waals surface area (Å²) < 4.78 is 40.0. The van der Waals surface area contributed by atoms with Crippen LogP contribution in [-0.2, 0) is 4.74 Å². The predicted molar refractivity (Wildman–Crippen MR) is 61.3 cm³/mol.